The van der Waals surface area contributed by atoms with Crippen molar-refractivity contribution in [3.63, 3.8) is 0 Å². The second kappa shape index (κ2) is 10.0. The van der Waals surface area contributed by atoms with E-state index in [2.05, 4.69) is 14.9 Å². The molecule has 1 aliphatic heterocycles. The topological polar surface area (TPSA) is 72.6 Å². The SMILES string of the molecule is CCC(C)n1ncn(-c2ccc(N3CCN(C(C(=O)OC)c4ccccc4)CC3)cc2)c1=O. The Labute approximate surface area is 194 Å². The maximum atomic E-state index is 12.7. The highest BCUT2D eigenvalue weighted by Crippen LogP contribution is 2.26. The van der Waals surface area contributed by atoms with E-state index in [0.717, 1.165) is 49.5 Å². The summed E-state index contributed by atoms with van der Waals surface area (Å²) in [4.78, 5) is 29.6. The number of methoxy groups -OCH3 is 1. The number of piperazine rings is 1. The summed E-state index contributed by atoms with van der Waals surface area (Å²) in [7, 11) is 1.44. The summed E-state index contributed by atoms with van der Waals surface area (Å²) in [6.07, 6.45) is 2.43. The molecule has 0 saturated carbocycles. The first-order valence-corrected chi connectivity index (χ1v) is 11.4. The maximum Gasteiger partial charge on any atom is 0.350 e. The van der Waals surface area contributed by atoms with Crippen LogP contribution in [-0.4, -0.2) is 58.5 Å². The number of hydrogen-bond donors (Lipinski definition) is 0. The van der Waals surface area contributed by atoms with Gasteiger partial charge in [0.1, 0.15) is 12.4 Å². The van der Waals surface area contributed by atoms with Crippen LogP contribution in [0.5, 0.6) is 0 Å². The van der Waals surface area contributed by atoms with Crippen molar-refractivity contribution in [2.24, 2.45) is 0 Å². The van der Waals surface area contributed by atoms with E-state index in [-0.39, 0.29) is 17.7 Å². The molecule has 2 aromatic carbocycles. The number of benzene rings is 2. The summed E-state index contributed by atoms with van der Waals surface area (Å²) in [5.74, 6) is -0.234. The zero-order valence-electron chi connectivity index (χ0n) is 19.4. The maximum absolute atomic E-state index is 12.7. The summed E-state index contributed by atoms with van der Waals surface area (Å²) in [6.45, 7) is 7.12. The van der Waals surface area contributed by atoms with Crippen LogP contribution >= 0.6 is 0 Å². The van der Waals surface area contributed by atoms with E-state index in [1.165, 1.54) is 11.8 Å². The number of esters is 1. The van der Waals surface area contributed by atoms with Crippen molar-refractivity contribution in [2.45, 2.75) is 32.4 Å². The molecule has 1 aliphatic rings. The summed E-state index contributed by atoms with van der Waals surface area (Å²) >= 11 is 0. The van der Waals surface area contributed by atoms with Crippen molar-refractivity contribution in [1.29, 1.82) is 0 Å². The first-order chi connectivity index (χ1) is 16.0. The van der Waals surface area contributed by atoms with Crippen molar-refractivity contribution < 1.29 is 9.53 Å². The Morgan fingerprint density at radius 2 is 1.64 bits per heavy atom. The fraction of sp³-hybridized carbons (Fsp3) is 0.400. The van der Waals surface area contributed by atoms with E-state index >= 15 is 0 Å². The highest BCUT2D eigenvalue weighted by molar-refractivity contribution is 5.77. The molecule has 174 valence electrons. The Morgan fingerprint density at radius 1 is 1.00 bits per heavy atom. The number of nitrogens with zero attached hydrogens (tertiary/aromatic N) is 5. The molecular formula is C25H31N5O3. The minimum Gasteiger partial charge on any atom is -0.468 e. The predicted octanol–water partition coefficient (Wildman–Crippen LogP) is 3.04. The Morgan fingerprint density at radius 3 is 2.24 bits per heavy atom. The minimum absolute atomic E-state index is 0.0685. The molecule has 1 fully saturated rings. The van der Waals surface area contributed by atoms with E-state index in [9.17, 15) is 9.59 Å². The Hall–Kier alpha value is -3.39. The van der Waals surface area contributed by atoms with Gasteiger partial charge in [0.15, 0.2) is 0 Å². The lowest BCUT2D eigenvalue weighted by atomic mass is 10.0. The van der Waals surface area contributed by atoms with Gasteiger partial charge < -0.3 is 9.64 Å². The molecule has 0 spiro atoms. The van der Waals surface area contributed by atoms with Gasteiger partial charge in [-0.25, -0.2) is 18.8 Å². The first-order valence-electron chi connectivity index (χ1n) is 11.4. The fourth-order valence-corrected chi connectivity index (χ4v) is 4.27. The van der Waals surface area contributed by atoms with Gasteiger partial charge in [-0.15, -0.1) is 0 Å². The van der Waals surface area contributed by atoms with E-state index in [4.69, 9.17) is 4.74 Å². The average Bonchev–Trinajstić information content (AvgIpc) is 3.26. The van der Waals surface area contributed by atoms with Crippen molar-refractivity contribution in [3.8, 4) is 5.69 Å². The van der Waals surface area contributed by atoms with E-state index in [0.29, 0.717) is 0 Å². The van der Waals surface area contributed by atoms with Crippen molar-refractivity contribution >= 4 is 11.7 Å². The highest BCUT2D eigenvalue weighted by atomic mass is 16.5. The van der Waals surface area contributed by atoms with Crippen LogP contribution < -0.4 is 10.6 Å². The lowest BCUT2D eigenvalue weighted by Crippen LogP contribution is -2.49. The van der Waals surface area contributed by atoms with Crippen LogP contribution in [0.2, 0.25) is 0 Å². The molecule has 8 heteroatoms. The monoisotopic (exact) mass is 449 g/mol. The zero-order valence-corrected chi connectivity index (χ0v) is 19.4. The first kappa shape index (κ1) is 22.8. The van der Waals surface area contributed by atoms with Gasteiger partial charge in [-0.1, -0.05) is 37.3 Å². The summed E-state index contributed by atoms with van der Waals surface area (Å²) < 4.78 is 8.19. The summed E-state index contributed by atoms with van der Waals surface area (Å²) in [5.41, 5.74) is 2.72. The number of anilines is 1. The molecule has 0 radical (unpaired) electrons. The van der Waals surface area contributed by atoms with Crippen LogP contribution in [0.15, 0.2) is 65.7 Å². The average molecular weight is 450 g/mol. The third-order valence-corrected chi connectivity index (χ3v) is 6.41. The second-order valence-corrected chi connectivity index (χ2v) is 8.36. The molecular weight excluding hydrogens is 418 g/mol. The molecule has 33 heavy (non-hydrogen) atoms. The largest absolute Gasteiger partial charge is 0.468 e. The van der Waals surface area contributed by atoms with Crippen LogP contribution in [0.1, 0.15) is 37.9 Å². The Kier molecular flexibility index (Phi) is 6.93. The van der Waals surface area contributed by atoms with Crippen LogP contribution in [0.4, 0.5) is 5.69 Å². The van der Waals surface area contributed by atoms with Crippen LogP contribution in [0.25, 0.3) is 5.69 Å². The number of carbonyl (C=O) groups excluding carboxylic acids is 1. The van der Waals surface area contributed by atoms with Gasteiger partial charge in [0.25, 0.3) is 0 Å². The molecule has 1 saturated heterocycles. The Bertz CT molecular complexity index is 1110. The van der Waals surface area contributed by atoms with Crippen molar-refractivity contribution in [1.82, 2.24) is 19.2 Å². The van der Waals surface area contributed by atoms with Gasteiger partial charge in [-0.05, 0) is 43.2 Å². The van der Waals surface area contributed by atoms with Crippen LogP contribution in [-0.2, 0) is 9.53 Å². The molecule has 2 heterocycles. The number of ether oxygens (including phenoxy) is 1. The van der Waals surface area contributed by atoms with Gasteiger partial charge in [-0.2, -0.15) is 5.10 Å². The van der Waals surface area contributed by atoms with E-state index in [1.807, 2.05) is 68.4 Å². The lowest BCUT2D eigenvalue weighted by molar-refractivity contribution is -0.147. The fourth-order valence-electron chi connectivity index (χ4n) is 4.27. The van der Waals surface area contributed by atoms with Crippen molar-refractivity contribution in [2.75, 3.05) is 38.2 Å². The third-order valence-electron chi connectivity index (χ3n) is 6.41. The molecule has 0 aliphatic carbocycles. The second-order valence-electron chi connectivity index (χ2n) is 8.36. The third kappa shape index (κ3) is 4.71. The molecule has 1 aromatic heterocycles. The summed E-state index contributed by atoms with van der Waals surface area (Å²) in [6, 6.07) is 17.4. The van der Waals surface area contributed by atoms with E-state index in [1.54, 1.807) is 10.9 Å². The molecule has 4 rings (SSSR count). The standard InChI is InChI=1S/C25H31N5O3/c1-4-19(2)30-25(32)29(18-26-30)22-12-10-21(11-13-22)27-14-16-28(17-15-27)23(24(31)33-3)20-8-6-5-7-9-20/h5-13,18-19,23H,4,14-17H2,1-3H3. The van der Waals surface area contributed by atoms with Crippen molar-refractivity contribution in [3.05, 3.63) is 77.0 Å². The van der Waals surface area contributed by atoms with Crippen LogP contribution in [0, 0.1) is 0 Å². The van der Waals surface area contributed by atoms with E-state index < -0.39 is 6.04 Å². The molecule has 3 aromatic rings. The normalized spacial score (nSPS) is 16.4. The van der Waals surface area contributed by atoms with Gasteiger partial charge in [-0.3, -0.25) is 4.90 Å². The molecule has 0 N–H and O–H groups in total. The number of carbonyl (C=O) groups is 1. The lowest BCUT2D eigenvalue weighted by Gasteiger charge is -2.39. The highest BCUT2D eigenvalue weighted by Gasteiger charge is 2.31. The zero-order chi connectivity index (χ0) is 23.4. The molecule has 2 unspecified atom stereocenters. The van der Waals surface area contributed by atoms with Gasteiger partial charge in [0.2, 0.25) is 0 Å². The number of rotatable bonds is 7. The predicted molar refractivity (Wildman–Crippen MR) is 128 cm³/mol. The Balaban J connectivity index is 1.45. The van der Waals surface area contributed by atoms with Gasteiger partial charge in [0.05, 0.1) is 18.8 Å². The minimum atomic E-state index is -0.394. The number of aromatic nitrogens is 3. The molecule has 0 amide bonds. The molecule has 8 nitrogen and oxygen atoms in total. The van der Waals surface area contributed by atoms with Crippen LogP contribution in [0.3, 0.4) is 0 Å². The van der Waals surface area contributed by atoms with Gasteiger partial charge >= 0.3 is 11.7 Å². The summed E-state index contributed by atoms with van der Waals surface area (Å²) in [5, 5.41) is 4.26. The smallest absolute Gasteiger partial charge is 0.350 e. The molecule has 2 atom stereocenters. The van der Waals surface area contributed by atoms with Gasteiger partial charge in [0, 0.05) is 31.9 Å². The quantitative estimate of drug-likeness (QED) is 0.517. The number of hydrogen-bond acceptors (Lipinski definition) is 6. The molecule has 0 bridgehead atoms.